The second kappa shape index (κ2) is 3.37. The summed E-state index contributed by atoms with van der Waals surface area (Å²) in [5.41, 5.74) is 0.637. The normalized spacial score (nSPS) is 25.5. The Balaban J connectivity index is 1.97. The molecule has 1 aromatic carbocycles. The van der Waals surface area contributed by atoms with E-state index in [0.29, 0.717) is 6.42 Å². The van der Waals surface area contributed by atoms with Crippen LogP contribution in [0.15, 0.2) is 18.2 Å². The molecule has 0 amide bonds. The summed E-state index contributed by atoms with van der Waals surface area (Å²) in [5.74, 6) is 1.53. The van der Waals surface area contributed by atoms with Gasteiger partial charge < -0.3 is 19.9 Å². The molecule has 0 saturated carbocycles. The highest BCUT2D eigenvalue weighted by atomic mass is 16.5. The van der Waals surface area contributed by atoms with E-state index in [-0.39, 0.29) is 5.60 Å². The highest BCUT2D eigenvalue weighted by Gasteiger charge is 2.45. The van der Waals surface area contributed by atoms with Gasteiger partial charge in [-0.2, -0.15) is 0 Å². The Morgan fingerprint density at radius 2 is 2.31 bits per heavy atom. The van der Waals surface area contributed by atoms with Crippen molar-refractivity contribution in [3.63, 3.8) is 0 Å². The first-order chi connectivity index (χ1) is 7.72. The zero-order valence-corrected chi connectivity index (χ0v) is 9.19. The first-order valence-corrected chi connectivity index (χ1v) is 5.48. The maximum atomic E-state index is 10.1. The molecule has 86 valence electrons. The van der Waals surface area contributed by atoms with E-state index in [1.165, 1.54) is 0 Å². The molecule has 2 aliphatic rings. The van der Waals surface area contributed by atoms with Gasteiger partial charge in [-0.1, -0.05) is 0 Å². The fraction of sp³-hybridized carbons (Fsp3) is 0.500. The number of nitrogens with one attached hydrogen (secondary N) is 1. The van der Waals surface area contributed by atoms with Crippen molar-refractivity contribution >= 4 is 0 Å². The van der Waals surface area contributed by atoms with Crippen molar-refractivity contribution in [1.82, 2.24) is 5.32 Å². The van der Waals surface area contributed by atoms with Crippen molar-refractivity contribution in [3.05, 3.63) is 23.8 Å². The Kier molecular flexibility index (Phi) is 2.09. The van der Waals surface area contributed by atoms with Crippen molar-refractivity contribution in [1.29, 1.82) is 0 Å². The highest BCUT2D eigenvalue weighted by Crippen LogP contribution is 2.42. The predicted molar refractivity (Wildman–Crippen MR) is 58.8 cm³/mol. The van der Waals surface area contributed by atoms with E-state index in [1.807, 2.05) is 18.2 Å². The zero-order valence-electron chi connectivity index (χ0n) is 9.19. The second-order valence-electron chi connectivity index (χ2n) is 4.51. The van der Waals surface area contributed by atoms with Crippen LogP contribution in [0.2, 0.25) is 0 Å². The van der Waals surface area contributed by atoms with Crippen LogP contribution in [0.4, 0.5) is 0 Å². The monoisotopic (exact) mass is 221 g/mol. The molecule has 0 aromatic heterocycles. The minimum Gasteiger partial charge on any atom is -0.497 e. The summed E-state index contributed by atoms with van der Waals surface area (Å²) in [7, 11) is 1.62. The van der Waals surface area contributed by atoms with Crippen molar-refractivity contribution in [2.75, 3.05) is 20.2 Å². The van der Waals surface area contributed by atoms with E-state index in [2.05, 4.69) is 5.32 Å². The van der Waals surface area contributed by atoms with Gasteiger partial charge in [0.25, 0.3) is 0 Å². The average molecular weight is 221 g/mol. The number of benzene rings is 1. The Bertz CT molecular complexity index is 415. The van der Waals surface area contributed by atoms with Crippen LogP contribution in [0.25, 0.3) is 0 Å². The summed E-state index contributed by atoms with van der Waals surface area (Å²) in [6.07, 6.45) is 0.195. The van der Waals surface area contributed by atoms with Gasteiger partial charge in [-0.3, -0.25) is 0 Å². The quantitative estimate of drug-likeness (QED) is 0.738. The third-order valence-electron chi connectivity index (χ3n) is 3.36. The molecule has 0 aliphatic carbocycles. The van der Waals surface area contributed by atoms with Gasteiger partial charge in [0.05, 0.1) is 13.2 Å². The highest BCUT2D eigenvalue weighted by molar-refractivity contribution is 5.44. The third kappa shape index (κ3) is 1.37. The molecule has 2 aliphatic heterocycles. The first-order valence-electron chi connectivity index (χ1n) is 5.48. The maximum absolute atomic E-state index is 10.1. The lowest BCUT2D eigenvalue weighted by atomic mass is 9.84. The van der Waals surface area contributed by atoms with Gasteiger partial charge in [0.15, 0.2) is 0 Å². The second-order valence-corrected chi connectivity index (χ2v) is 4.51. The molecule has 1 aromatic rings. The van der Waals surface area contributed by atoms with Crippen LogP contribution in [0, 0.1) is 0 Å². The van der Waals surface area contributed by atoms with E-state index >= 15 is 0 Å². The van der Waals surface area contributed by atoms with Crippen LogP contribution in [0.3, 0.4) is 0 Å². The standard InChI is InChI=1S/C12H15NO3/c1-15-8-2-3-11-9(4-8)10(14)5-12(16-11)6-13-7-12/h2-4,10,13-14H,5-7H2,1H3. The smallest absolute Gasteiger partial charge is 0.136 e. The average Bonchev–Trinajstić information content (AvgIpc) is 2.26. The first kappa shape index (κ1) is 9.93. The van der Waals surface area contributed by atoms with E-state index < -0.39 is 6.10 Å². The fourth-order valence-corrected chi connectivity index (χ4v) is 2.36. The summed E-state index contributed by atoms with van der Waals surface area (Å²) in [5, 5.41) is 13.3. The Labute approximate surface area is 94.2 Å². The molecule has 3 rings (SSSR count). The molecule has 0 bridgehead atoms. The van der Waals surface area contributed by atoms with Gasteiger partial charge in [-0.25, -0.2) is 0 Å². The van der Waals surface area contributed by atoms with Gasteiger partial charge in [-0.05, 0) is 18.2 Å². The molecule has 2 heterocycles. The van der Waals surface area contributed by atoms with E-state index in [4.69, 9.17) is 9.47 Å². The molecule has 1 atom stereocenters. The van der Waals surface area contributed by atoms with E-state index in [0.717, 1.165) is 30.2 Å². The molecule has 1 unspecified atom stereocenters. The Morgan fingerprint density at radius 3 is 2.94 bits per heavy atom. The van der Waals surface area contributed by atoms with E-state index in [1.54, 1.807) is 7.11 Å². The molecule has 1 saturated heterocycles. The molecule has 4 nitrogen and oxygen atoms in total. The van der Waals surface area contributed by atoms with Crippen LogP contribution in [0.1, 0.15) is 18.1 Å². The van der Waals surface area contributed by atoms with E-state index in [9.17, 15) is 5.11 Å². The lowest BCUT2D eigenvalue weighted by Crippen LogP contribution is -2.64. The van der Waals surface area contributed by atoms with Gasteiger partial charge in [0, 0.05) is 25.1 Å². The molecule has 0 radical (unpaired) electrons. The molecule has 1 spiro atoms. The lowest BCUT2D eigenvalue weighted by Gasteiger charge is -2.47. The van der Waals surface area contributed by atoms with Crippen molar-refractivity contribution < 1.29 is 14.6 Å². The number of rotatable bonds is 1. The van der Waals surface area contributed by atoms with Crippen molar-refractivity contribution in [3.8, 4) is 11.5 Å². The summed E-state index contributed by atoms with van der Waals surface area (Å²) >= 11 is 0. The van der Waals surface area contributed by atoms with Crippen LogP contribution in [-0.2, 0) is 0 Å². The minimum absolute atomic E-state index is 0.193. The Hall–Kier alpha value is -1.26. The summed E-state index contributed by atoms with van der Waals surface area (Å²) in [6.45, 7) is 1.63. The SMILES string of the molecule is COc1ccc2c(c1)C(O)CC1(CNC1)O2. The van der Waals surface area contributed by atoms with Gasteiger partial charge in [-0.15, -0.1) is 0 Å². The largest absolute Gasteiger partial charge is 0.497 e. The number of ether oxygens (including phenoxy) is 2. The summed E-state index contributed by atoms with van der Waals surface area (Å²) < 4.78 is 11.1. The number of hydrogen-bond acceptors (Lipinski definition) is 4. The molecular formula is C12H15NO3. The number of fused-ring (bicyclic) bond motifs is 1. The topological polar surface area (TPSA) is 50.7 Å². The van der Waals surface area contributed by atoms with Gasteiger partial charge in [0.2, 0.25) is 0 Å². The summed E-state index contributed by atoms with van der Waals surface area (Å²) in [4.78, 5) is 0. The van der Waals surface area contributed by atoms with Crippen molar-refractivity contribution in [2.24, 2.45) is 0 Å². The van der Waals surface area contributed by atoms with Crippen molar-refractivity contribution in [2.45, 2.75) is 18.1 Å². The summed E-state index contributed by atoms with van der Waals surface area (Å²) in [6, 6.07) is 5.58. The Morgan fingerprint density at radius 1 is 1.50 bits per heavy atom. The minimum atomic E-state index is -0.457. The number of aliphatic hydroxyl groups excluding tert-OH is 1. The molecular weight excluding hydrogens is 206 g/mol. The zero-order chi connectivity index (χ0) is 11.2. The molecule has 2 N–H and O–H groups in total. The lowest BCUT2D eigenvalue weighted by molar-refractivity contribution is -0.0483. The van der Waals surface area contributed by atoms with Gasteiger partial charge in [0.1, 0.15) is 17.1 Å². The molecule has 1 fully saturated rings. The number of aliphatic hydroxyl groups is 1. The number of hydrogen-bond donors (Lipinski definition) is 2. The fourth-order valence-electron chi connectivity index (χ4n) is 2.36. The molecule has 4 heteroatoms. The van der Waals surface area contributed by atoms with Crippen LogP contribution in [-0.4, -0.2) is 30.9 Å². The predicted octanol–water partition coefficient (Wildman–Crippen LogP) is 0.853. The third-order valence-corrected chi connectivity index (χ3v) is 3.36. The number of methoxy groups -OCH3 is 1. The van der Waals surface area contributed by atoms with Gasteiger partial charge >= 0.3 is 0 Å². The maximum Gasteiger partial charge on any atom is 0.136 e. The molecule has 16 heavy (non-hydrogen) atoms. The van der Waals surface area contributed by atoms with Crippen LogP contribution < -0.4 is 14.8 Å². The van der Waals surface area contributed by atoms with Crippen LogP contribution in [0.5, 0.6) is 11.5 Å². The van der Waals surface area contributed by atoms with Crippen LogP contribution >= 0.6 is 0 Å².